The van der Waals surface area contributed by atoms with Crippen molar-refractivity contribution in [2.75, 3.05) is 38.7 Å². The van der Waals surface area contributed by atoms with E-state index in [0.29, 0.717) is 18.2 Å². The number of carbonyl (C=O) groups is 1. The molecule has 0 unspecified atom stereocenters. The Kier molecular flexibility index (Phi) is 5.91. The molecule has 1 aliphatic heterocycles. The summed E-state index contributed by atoms with van der Waals surface area (Å²) >= 11 is 6.38. The van der Waals surface area contributed by atoms with E-state index in [2.05, 4.69) is 5.32 Å². The zero-order valence-corrected chi connectivity index (χ0v) is 14.9. The van der Waals surface area contributed by atoms with Gasteiger partial charge in [-0.05, 0) is 30.3 Å². The van der Waals surface area contributed by atoms with Crippen LogP contribution in [-0.4, -0.2) is 39.3 Å². The summed E-state index contributed by atoms with van der Waals surface area (Å²) in [6.07, 6.45) is 0. The van der Waals surface area contributed by atoms with Gasteiger partial charge in [-0.25, -0.2) is 0 Å². The second-order valence-corrected chi connectivity index (χ2v) is 6.35. The molecule has 5 nitrogen and oxygen atoms in total. The predicted molar refractivity (Wildman–Crippen MR) is 97.3 cm³/mol. The van der Waals surface area contributed by atoms with Crippen LogP contribution in [0, 0.1) is 0 Å². The first kappa shape index (κ1) is 17.7. The summed E-state index contributed by atoms with van der Waals surface area (Å²) < 4.78 is 10.6. The fraction of sp³-hybridized carbons (Fsp3) is 0.316. The molecule has 2 aromatic rings. The number of amides is 1. The molecule has 1 aliphatic rings. The number of anilines is 1. The normalized spacial score (nSPS) is 16.2. The summed E-state index contributed by atoms with van der Waals surface area (Å²) in [6.45, 7) is 2.83. The zero-order chi connectivity index (χ0) is 17.6. The first-order chi connectivity index (χ1) is 12.2. The molecule has 0 aliphatic carbocycles. The maximum absolute atomic E-state index is 13.1. The number of methoxy groups -OCH3 is 1. The van der Waals surface area contributed by atoms with Gasteiger partial charge in [0.25, 0.3) is 5.91 Å². The van der Waals surface area contributed by atoms with Gasteiger partial charge in [0.1, 0.15) is 18.8 Å². The quantitative estimate of drug-likeness (QED) is 0.855. The lowest BCUT2D eigenvalue weighted by Crippen LogP contribution is -3.15. The lowest BCUT2D eigenvalue weighted by Gasteiger charge is -2.31. The highest BCUT2D eigenvalue weighted by Gasteiger charge is 2.34. The second-order valence-electron chi connectivity index (χ2n) is 5.94. The van der Waals surface area contributed by atoms with Crippen molar-refractivity contribution in [1.82, 2.24) is 0 Å². The highest BCUT2D eigenvalue weighted by atomic mass is 35.5. The molecule has 1 heterocycles. The SMILES string of the molecule is COc1ccc(NC(=O)[C@H](c2ccccc2Cl)[NH+]2CCOCC2)cc1. The Balaban J connectivity index is 1.84. The van der Waals surface area contributed by atoms with Crippen LogP contribution >= 0.6 is 11.6 Å². The van der Waals surface area contributed by atoms with E-state index in [4.69, 9.17) is 21.1 Å². The minimum atomic E-state index is -0.375. The van der Waals surface area contributed by atoms with Crippen molar-refractivity contribution >= 4 is 23.2 Å². The number of ether oxygens (including phenoxy) is 2. The number of hydrogen-bond acceptors (Lipinski definition) is 3. The molecule has 0 spiro atoms. The van der Waals surface area contributed by atoms with E-state index in [9.17, 15) is 4.79 Å². The molecule has 1 amide bonds. The van der Waals surface area contributed by atoms with Gasteiger partial charge in [-0.3, -0.25) is 4.79 Å². The van der Waals surface area contributed by atoms with Gasteiger partial charge >= 0.3 is 0 Å². The van der Waals surface area contributed by atoms with Gasteiger partial charge in [-0.15, -0.1) is 0 Å². The molecule has 0 aromatic heterocycles. The van der Waals surface area contributed by atoms with Crippen LogP contribution in [0.2, 0.25) is 5.02 Å². The number of hydrogen-bond donors (Lipinski definition) is 2. The smallest absolute Gasteiger partial charge is 0.287 e. The molecule has 132 valence electrons. The minimum absolute atomic E-state index is 0.0739. The highest BCUT2D eigenvalue weighted by Crippen LogP contribution is 2.23. The van der Waals surface area contributed by atoms with E-state index in [-0.39, 0.29) is 11.9 Å². The number of nitrogens with one attached hydrogen (secondary N) is 2. The molecular formula is C19H22ClN2O3+. The van der Waals surface area contributed by atoms with Crippen molar-refractivity contribution in [3.05, 3.63) is 59.1 Å². The van der Waals surface area contributed by atoms with Crippen LogP contribution in [0.1, 0.15) is 11.6 Å². The van der Waals surface area contributed by atoms with Gasteiger partial charge in [0, 0.05) is 11.3 Å². The Bertz CT molecular complexity index is 715. The van der Waals surface area contributed by atoms with E-state index in [0.717, 1.165) is 35.0 Å². The third-order valence-electron chi connectivity index (χ3n) is 4.38. The van der Waals surface area contributed by atoms with Gasteiger partial charge in [-0.1, -0.05) is 29.8 Å². The van der Waals surface area contributed by atoms with E-state index in [1.165, 1.54) is 0 Å². The maximum Gasteiger partial charge on any atom is 0.287 e. The summed E-state index contributed by atoms with van der Waals surface area (Å²) in [5.41, 5.74) is 1.57. The molecule has 1 fully saturated rings. The average Bonchev–Trinajstić information content (AvgIpc) is 2.65. The maximum atomic E-state index is 13.1. The minimum Gasteiger partial charge on any atom is -0.497 e. The molecular weight excluding hydrogens is 340 g/mol. The zero-order valence-electron chi connectivity index (χ0n) is 14.1. The molecule has 0 saturated carbocycles. The Morgan fingerprint density at radius 3 is 2.48 bits per heavy atom. The first-order valence-electron chi connectivity index (χ1n) is 8.30. The van der Waals surface area contributed by atoms with Crippen LogP contribution < -0.4 is 15.0 Å². The molecule has 3 rings (SSSR count). The summed E-state index contributed by atoms with van der Waals surface area (Å²) in [4.78, 5) is 14.2. The number of rotatable bonds is 5. The fourth-order valence-electron chi connectivity index (χ4n) is 3.07. The third kappa shape index (κ3) is 4.31. The van der Waals surface area contributed by atoms with Gasteiger partial charge in [0.15, 0.2) is 6.04 Å². The molecule has 0 radical (unpaired) electrons. The standard InChI is InChI=1S/C19H21ClN2O3/c1-24-15-8-6-14(7-9-15)21-19(23)18(22-10-12-25-13-11-22)16-4-2-3-5-17(16)20/h2-9,18H,10-13H2,1H3,(H,21,23)/p+1/t18-/m0/s1. The van der Waals surface area contributed by atoms with Crippen molar-refractivity contribution in [2.24, 2.45) is 0 Å². The van der Waals surface area contributed by atoms with Crippen LogP contribution in [0.4, 0.5) is 5.69 Å². The predicted octanol–water partition coefficient (Wildman–Crippen LogP) is 1.94. The summed E-state index contributed by atoms with van der Waals surface area (Å²) in [6, 6.07) is 14.5. The summed E-state index contributed by atoms with van der Waals surface area (Å²) in [7, 11) is 1.61. The fourth-order valence-corrected chi connectivity index (χ4v) is 3.31. The van der Waals surface area contributed by atoms with E-state index in [1.54, 1.807) is 7.11 Å². The second kappa shape index (κ2) is 8.34. The van der Waals surface area contributed by atoms with Crippen LogP contribution in [0.3, 0.4) is 0 Å². The van der Waals surface area contributed by atoms with Crippen LogP contribution in [-0.2, 0) is 9.53 Å². The van der Waals surface area contributed by atoms with E-state index in [1.807, 2.05) is 48.5 Å². The molecule has 1 atom stereocenters. The highest BCUT2D eigenvalue weighted by molar-refractivity contribution is 6.31. The molecule has 0 bridgehead atoms. The Morgan fingerprint density at radius 2 is 1.84 bits per heavy atom. The van der Waals surface area contributed by atoms with Crippen LogP contribution in [0.15, 0.2) is 48.5 Å². The van der Waals surface area contributed by atoms with Gasteiger partial charge in [0.05, 0.1) is 25.3 Å². The lowest BCUT2D eigenvalue weighted by molar-refractivity contribution is -0.929. The Morgan fingerprint density at radius 1 is 1.16 bits per heavy atom. The van der Waals surface area contributed by atoms with Crippen molar-refractivity contribution in [1.29, 1.82) is 0 Å². The molecule has 2 aromatic carbocycles. The Labute approximate surface area is 152 Å². The molecule has 1 saturated heterocycles. The first-order valence-corrected chi connectivity index (χ1v) is 8.68. The van der Waals surface area contributed by atoms with Crippen molar-refractivity contribution in [3.63, 3.8) is 0 Å². The number of morpholine rings is 1. The van der Waals surface area contributed by atoms with Gasteiger partial charge < -0.3 is 19.7 Å². The van der Waals surface area contributed by atoms with E-state index < -0.39 is 0 Å². The number of halogens is 1. The van der Waals surface area contributed by atoms with Crippen molar-refractivity contribution < 1.29 is 19.2 Å². The number of carbonyl (C=O) groups excluding carboxylic acids is 1. The number of benzene rings is 2. The molecule has 25 heavy (non-hydrogen) atoms. The summed E-state index contributed by atoms with van der Waals surface area (Å²) in [5.74, 6) is 0.676. The van der Waals surface area contributed by atoms with Crippen LogP contribution in [0.5, 0.6) is 5.75 Å². The Hall–Kier alpha value is -2.08. The summed E-state index contributed by atoms with van der Waals surface area (Å²) in [5, 5.41) is 3.61. The van der Waals surface area contributed by atoms with Crippen LogP contribution in [0.25, 0.3) is 0 Å². The van der Waals surface area contributed by atoms with Gasteiger partial charge in [-0.2, -0.15) is 0 Å². The average molecular weight is 362 g/mol. The largest absolute Gasteiger partial charge is 0.497 e. The van der Waals surface area contributed by atoms with Gasteiger partial charge in [0.2, 0.25) is 0 Å². The number of quaternary nitrogens is 1. The van der Waals surface area contributed by atoms with Crippen molar-refractivity contribution in [2.45, 2.75) is 6.04 Å². The van der Waals surface area contributed by atoms with E-state index >= 15 is 0 Å². The third-order valence-corrected chi connectivity index (χ3v) is 4.72. The lowest BCUT2D eigenvalue weighted by atomic mass is 10.0. The topological polar surface area (TPSA) is 52.0 Å². The monoisotopic (exact) mass is 361 g/mol. The molecule has 2 N–H and O–H groups in total. The van der Waals surface area contributed by atoms with Crippen molar-refractivity contribution in [3.8, 4) is 5.75 Å². The molecule has 6 heteroatoms.